The molecule has 1 heterocycles. The number of benzene rings is 2. The predicted octanol–water partition coefficient (Wildman–Crippen LogP) is 5.13. The number of thioether (sulfide) groups is 1. The summed E-state index contributed by atoms with van der Waals surface area (Å²) in [7, 11) is -4.17. The Labute approximate surface area is 154 Å². The average molecular weight is 423 g/mol. The summed E-state index contributed by atoms with van der Waals surface area (Å²) >= 11 is 7.09. The standard InChI is InChI=1S/C15H11ClF3N2O3PS/c16-11-6-13-12(20-14(21-13)26-7-25(22,23)24)5-10(11)8-1-3-9(4-2-8)15(17,18)19/h1-6H,7H2,(H,20,21)(H2,22,23,24). The molecule has 0 aliphatic carbocycles. The molecule has 0 amide bonds. The minimum Gasteiger partial charge on any atom is -0.333 e. The lowest BCUT2D eigenvalue weighted by atomic mass is 10.0. The maximum Gasteiger partial charge on any atom is 0.416 e. The van der Waals surface area contributed by atoms with Crippen LogP contribution in [0.2, 0.25) is 5.02 Å². The Balaban J connectivity index is 1.94. The molecule has 11 heteroatoms. The second kappa shape index (κ2) is 6.90. The number of aromatic nitrogens is 2. The Bertz CT molecular complexity index is 1000. The number of imidazole rings is 1. The van der Waals surface area contributed by atoms with Gasteiger partial charge in [-0.1, -0.05) is 35.5 Å². The van der Waals surface area contributed by atoms with Crippen molar-refractivity contribution in [2.24, 2.45) is 0 Å². The summed E-state index contributed by atoms with van der Waals surface area (Å²) < 4.78 is 49.0. The summed E-state index contributed by atoms with van der Waals surface area (Å²) in [5, 5.41) is 0.622. The van der Waals surface area contributed by atoms with E-state index in [0.717, 1.165) is 23.9 Å². The maximum absolute atomic E-state index is 12.7. The molecule has 2 aromatic carbocycles. The van der Waals surface area contributed by atoms with Crippen LogP contribution in [-0.4, -0.2) is 25.2 Å². The number of hydrogen-bond acceptors (Lipinski definition) is 3. The van der Waals surface area contributed by atoms with Crippen LogP contribution in [0.15, 0.2) is 41.6 Å². The molecule has 3 N–H and O–H groups in total. The molecule has 0 spiro atoms. The molecule has 0 saturated heterocycles. The second-order valence-corrected chi connectivity index (χ2v) is 8.85. The van der Waals surface area contributed by atoms with Crippen LogP contribution in [0.5, 0.6) is 0 Å². The number of nitrogens with one attached hydrogen (secondary N) is 1. The van der Waals surface area contributed by atoms with Crippen LogP contribution in [0, 0.1) is 0 Å². The molecule has 0 atom stereocenters. The Hall–Kier alpha value is -1.51. The van der Waals surface area contributed by atoms with Gasteiger partial charge in [-0.3, -0.25) is 4.57 Å². The van der Waals surface area contributed by atoms with Gasteiger partial charge in [0.15, 0.2) is 5.16 Å². The molecule has 1 aromatic heterocycles. The monoisotopic (exact) mass is 422 g/mol. The Morgan fingerprint density at radius 1 is 1.19 bits per heavy atom. The van der Waals surface area contributed by atoms with Crippen LogP contribution in [0.25, 0.3) is 22.2 Å². The van der Waals surface area contributed by atoms with Crippen LogP contribution < -0.4 is 0 Å². The van der Waals surface area contributed by atoms with Gasteiger partial charge in [0.1, 0.15) is 5.49 Å². The summed E-state index contributed by atoms with van der Waals surface area (Å²) in [5.74, 6) is 0. The van der Waals surface area contributed by atoms with E-state index in [9.17, 15) is 17.7 Å². The molecule has 5 nitrogen and oxygen atoms in total. The SMILES string of the molecule is O=P(O)(O)CSc1nc2cc(-c3ccc(C(F)(F)F)cc3)c(Cl)cc2[nH]1. The largest absolute Gasteiger partial charge is 0.416 e. The number of hydrogen-bond donors (Lipinski definition) is 3. The molecule has 0 bridgehead atoms. The van der Waals surface area contributed by atoms with E-state index in [-0.39, 0.29) is 0 Å². The van der Waals surface area contributed by atoms with E-state index >= 15 is 0 Å². The van der Waals surface area contributed by atoms with E-state index in [0.29, 0.717) is 32.3 Å². The highest BCUT2D eigenvalue weighted by Gasteiger charge is 2.30. The van der Waals surface area contributed by atoms with Gasteiger partial charge in [-0.25, -0.2) is 4.98 Å². The molecule has 0 aliphatic rings. The average Bonchev–Trinajstić information content (AvgIpc) is 2.92. The molecular weight excluding hydrogens is 412 g/mol. The number of halogens is 4. The Morgan fingerprint density at radius 2 is 1.85 bits per heavy atom. The first-order chi connectivity index (χ1) is 12.0. The molecule has 26 heavy (non-hydrogen) atoms. The zero-order valence-electron chi connectivity index (χ0n) is 12.8. The van der Waals surface area contributed by atoms with Crippen molar-refractivity contribution < 1.29 is 27.5 Å². The number of fused-ring (bicyclic) bond motifs is 1. The van der Waals surface area contributed by atoms with Crippen molar-refractivity contribution in [2.45, 2.75) is 11.3 Å². The Kier molecular flexibility index (Phi) is 5.11. The summed E-state index contributed by atoms with van der Waals surface area (Å²) in [6.45, 7) is 0. The van der Waals surface area contributed by atoms with Crippen molar-refractivity contribution in [3.05, 3.63) is 47.0 Å². The zero-order chi connectivity index (χ0) is 19.1. The topological polar surface area (TPSA) is 86.2 Å². The van der Waals surface area contributed by atoms with Crippen molar-refractivity contribution in [3.8, 4) is 11.1 Å². The number of aromatic amines is 1. The maximum atomic E-state index is 12.7. The third-order valence-corrected chi connectivity index (χ3v) is 6.08. The number of alkyl halides is 3. The normalized spacial score (nSPS) is 12.7. The Morgan fingerprint density at radius 3 is 2.42 bits per heavy atom. The first-order valence-electron chi connectivity index (χ1n) is 7.07. The molecule has 0 fully saturated rings. The van der Waals surface area contributed by atoms with Crippen LogP contribution in [0.1, 0.15) is 5.56 Å². The van der Waals surface area contributed by atoms with Crippen LogP contribution in [-0.2, 0) is 10.7 Å². The third-order valence-electron chi connectivity index (χ3n) is 3.44. The summed E-state index contributed by atoms with van der Waals surface area (Å²) in [4.78, 5) is 25.0. The van der Waals surface area contributed by atoms with Gasteiger partial charge < -0.3 is 14.8 Å². The highest BCUT2D eigenvalue weighted by molar-refractivity contribution is 8.04. The van der Waals surface area contributed by atoms with Gasteiger partial charge in [0.25, 0.3) is 0 Å². The fourth-order valence-corrected chi connectivity index (χ4v) is 4.06. The van der Waals surface area contributed by atoms with Gasteiger partial charge in [-0.05, 0) is 29.8 Å². The number of H-pyrrole nitrogens is 1. The smallest absolute Gasteiger partial charge is 0.333 e. The molecule has 0 radical (unpaired) electrons. The zero-order valence-corrected chi connectivity index (χ0v) is 15.3. The van der Waals surface area contributed by atoms with Crippen molar-refractivity contribution in [2.75, 3.05) is 5.49 Å². The third kappa shape index (κ3) is 4.42. The summed E-state index contributed by atoms with van der Waals surface area (Å²) in [6, 6.07) is 7.78. The van der Waals surface area contributed by atoms with Gasteiger partial charge >= 0.3 is 13.8 Å². The molecule has 0 aliphatic heterocycles. The fraction of sp³-hybridized carbons (Fsp3) is 0.133. The number of nitrogens with zero attached hydrogens (tertiary/aromatic N) is 1. The van der Waals surface area contributed by atoms with Crippen molar-refractivity contribution in [3.63, 3.8) is 0 Å². The molecule has 3 rings (SSSR count). The van der Waals surface area contributed by atoms with E-state index in [2.05, 4.69) is 9.97 Å². The van der Waals surface area contributed by atoms with E-state index in [1.807, 2.05) is 0 Å². The summed E-state index contributed by atoms with van der Waals surface area (Å²) in [6.07, 6.45) is -4.42. The molecule has 0 unspecified atom stereocenters. The summed E-state index contributed by atoms with van der Waals surface area (Å²) in [5.41, 5.74) is 0.862. The van der Waals surface area contributed by atoms with Crippen molar-refractivity contribution in [1.29, 1.82) is 0 Å². The minimum atomic E-state index is -4.42. The van der Waals surface area contributed by atoms with E-state index in [1.165, 1.54) is 12.1 Å². The molecule has 3 aromatic rings. The fourth-order valence-electron chi connectivity index (χ4n) is 2.28. The lowest BCUT2D eigenvalue weighted by Crippen LogP contribution is -2.04. The molecule has 0 saturated carbocycles. The molecular formula is C15H11ClF3N2O3PS. The lowest BCUT2D eigenvalue weighted by Gasteiger charge is -2.09. The van der Waals surface area contributed by atoms with E-state index < -0.39 is 24.8 Å². The first kappa shape index (κ1) is 19.3. The van der Waals surface area contributed by atoms with Crippen molar-refractivity contribution in [1.82, 2.24) is 9.97 Å². The van der Waals surface area contributed by atoms with Gasteiger partial charge in [-0.2, -0.15) is 13.2 Å². The first-order valence-corrected chi connectivity index (χ1v) is 10.2. The van der Waals surface area contributed by atoms with Crippen LogP contribution in [0.3, 0.4) is 0 Å². The quantitative estimate of drug-likeness (QED) is 0.401. The molecule has 138 valence electrons. The van der Waals surface area contributed by atoms with Gasteiger partial charge in [-0.15, -0.1) is 0 Å². The van der Waals surface area contributed by atoms with Crippen LogP contribution in [0.4, 0.5) is 13.2 Å². The predicted molar refractivity (Wildman–Crippen MR) is 94.3 cm³/mol. The van der Waals surface area contributed by atoms with Crippen LogP contribution >= 0.6 is 31.0 Å². The second-order valence-electron chi connectivity index (χ2n) is 5.40. The van der Waals surface area contributed by atoms with Gasteiger partial charge in [0.05, 0.1) is 21.6 Å². The van der Waals surface area contributed by atoms with E-state index in [4.69, 9.17) is 21.4 Å². The highest BCUT2D eigenvalue weighted by atomic mass is 35.5. The van der Waals surface area contributed by atoms with E-state index in [1.54, 1.807) is 12.1 Å². The number of rotatable bonds is 4. The van der Waals surface area contributed by atoms with Gasteiger partial charge in [0.2, 0.25) is 0 Å². The van der Waals surface area contributed by atoms with Crippen molar-refractivity contribution >= 4 is 42.0 Å². The minimum absolute atomic E-state index is 0.309. The highest BCUT2D eigenvalue weighted by Crippen LogP contribution is 2.41. The van der Waals surface area contributed by atoms with Gasteiger partial charge in [0, 0.05) is 5.56 Å². The lowest BCUT2D eigenvalue weighted by molar-refractivity contribution is -0.137.